The standard InChI is InChI=1S/C10H11N3O/c1-7-11-5-3-9(13-7)8-2-4-12-10(14)6-8/h2,4-6,9H,3H2,1H3,(H,12,14). The van der Waals surface area contributed by atoms with Crippen molar-refractivity contribution in [2.45, 2.75) is 19.4 Å². The number of H-pyrrole nitrogens is 1. The first kappa shape index (κ1) is 8.87. The first-order valence-corrected chi connectivity index (χ1v) is 4.51. The molecule has 0 spiro atoms. The lowest BCUT2D eigenvalue weighted by molar-refractivity contribution is 0.757. The number of hydrogen-bond donors (Lipinski definition) is 1. The lowest BCUT2D eigenvalue weighted by Gasteiger charge is -2.13. The largest absolute Gasteiger partial charge is 0.329 e. The normalized spacial score (nSPS) is 20.6. The van der Waals surface area contributed by atoms with Crippen LogP contribution in [-0.4, -0.2) is 17.0 Å². The maximum absolute atomic E-state index is 11.1. The highest BCUT2D eigenvalue weighted by atomic mass is 16.1. The molecule has 72 valence electrons. The van der Waals surface area contributed by atoms with Crippen molar-refractivity contribution in [1.29, 1.82) is 0 Å². The zero-order valence-corrected chi connectivity index (χ0v) is 7.90. The molecule has 1 aromatic rings. The van der Waals surface area contributed by atoms with Gasteiger partial charge in [0.25, 0.3) is 0 Å². The molecule has 0 aromatic carbocycles. The van der Waals surface area contributed by atoms with E-state index in [1.54, 1.807) is 12.3 Å². The fourth-order valence-corrected chi connectivity index (χ4v) is 1.48. The van der Waals surface area contributed by atoms with Crippen molar-refractivity contribution in [2.75, 3.05) is 0 Å². The van der Waals surface area contributed by atoms with Crippen LogP contribution < -0.4 is 5.56 Å². The molecule has 0 amide bonds. The highest BCUT2D eigenvalue weighted by Gasteiger charge is 2.12. The van der Waals surface area contributed by atoms with Gasteiger partial charge in [-0.1, -0.05) is 0 Å². The molecular weight excluding hydrogens is 178 g/mol. The van der Waals surface area contributed by atoms with Gasteiger partial charge in [-0.25, -0.2) is 4.99 Å². The fraction of sp³-hybridized carbons (Fsp3) is 0.300. The molecule has 1 N–H and O–H groups in total. The Balaban J connectivity index is 2.33. The van der Waals surface area contributed by atoms with Crippen molar-refractivity contribution in [1.82, 2.24) is 4.98 Å². The summed E-state index contributed by atoms with van der Waals surface area (Å²) in [6, 6.07) is 3.51. The number of aliphatic imine (C=N–C) groups is 2. The van der Waals surface area contributed by atoms with Crippen LogP contribution >= 0.6 is 0 Å². The Morgan fingerprint density at radius 3 is 3.14 bits per heavy atom. The second-order valence-corrected chi connectivity index (χ2v) is 3.23. The van der Waals surface area contributed by atoms with Gasteiger partial charge in [0.2, 0.25) is 5.56 Å². The predicted octanol–water partition coefficient (Wildman–Crippen LogP) is 1.31. The summed E-state index contributed by atoms with van der Waals surface area (Å²) in [4.78, 5) is 22.1. The molecule has 1 aliphatic heterocycles. The van der Waals surface area contributed by atoms with Crippen LogP contribution in [0, 0.1) is 0 Å². The summed E-state index contributed by atoms with van der Waals surface area (Å²) in [5.41, 5.74) is 0.858. The van der Waals surface area contributed by atoms with E-state index in [1.165, 1.54) is 0 Å². The van der Waals surface area contributed by atoms with E-state index in [-0.39, 0.29) is 11.6 Å². The Bertz CT molecular complexity index is 445. The maximum atomic E-state index is 11.1. The number of amidine groups is 1. The van der Waals surface area contributed by atoms with Gasteiger partial charge in [0, 0.05) is 24.9 Å². The van der Waals surface area contributed by atoms with Crippen molar-refractivity contribution >= 4 is 12.1 Å². The number of pyridine rings is 1. The van der Waals surface area contributed by atoms with Gasteiger partial charge in [0.15, 0.2) is 0 Å². The van der Waals surface area contributed by atoms with Gasteiger partial charge >= 0.3 is 0 Å². The van der Waals surface area contributed by atoms with E-state index in [2.05, 4.69) is 15.0 Å². The third-order valence-corrected chi connectivity index (χ3v) is 2.13. The summed E-state index contributed by atoms with van der Waals surface area (Å²) in [7, 11) is 0. The predicted molar refractivity (Wildman–Crippen MR) is 56.0 cm³/mol. The molecule has 4 nitrogen and oxygen atoms in total. The Kier molecular flexibility index (Phi) is 2.26. The molecule has 0 aliphatic carbocycles. The molecule has 14 heavy (non-hydrogen) atoms. The molecule has 4 heteroatoms. The summed E-state index contributed by atoms with van der Waals surface area (Å²) in [6.45, 7) is 1.86. The van der Waals surface area contributed by atoms with Gasteiger partial charge in [0.05, 0.1) is 6.04 Å². The number of aromatic amines is 1. The van der Waals surface area contributed by atoms with Crippen LogP contribution in [0.2, 0.25) is 0 Å². The van der Waals surface area contributed by atoms with Crippen LogP contribution in [0.1, 0.15) is 24.9 Å². The average molecular weight is 189 g/mol. The quantitative estimate of drug-likeness (QED) is 0.711. The number of nitrogens with one attached hydrogen (secondary N) is 1. The third kappa shape index (κ3) is 1.79. The average Bonchev–Trinajstić information content (AvgIpc) is 2.18. The van der Waals surface area contributed by atoms with Crippen LogP contribution in [0.5, 0.6) is 0 Å². The summed E-state index contributed by atoms with van der Waals surface area (Å²) in [5.74, 6) is 0.765. The molecule has 1 atom stereocenters. The van der Waals surface area contributed by atoms with Gasteiger partial charge < -0.3 is 4.98 Å². The molecule has 0 bridgehead atoms. The first-order valence-electron chi connectivity index (χ1n) is 4.51. The third-order valence-electron chi connectivity index (χ3n) is 2.13. The molecule has 2 rings (SSSR count). The van der Waals surface area contributed by atoms with Gasteiger partial charge in [0.1, 0.15) is 5.84 Å². The smallest absolute Gasteiger partial charge is 0.248 e. The van der Waals surface area contributed by atoms with E-state index < -0.39 is 0 Å². The van der Waals surface area contributed by atoms with E-state index in [1.807, 2.05) is 19.2 Å². The second-order valence-electron chi connectivity index (χ2n) is 3.23. The van der Waals surface area contributed by atoms with Crippen LogP contribution in [0.3, 0.4) is 0 Å². The van der Waals surface area contributed by atoms with Gasteiger partial charge in [-0.2, -0.15) is 0 Å². The van der Waals surface area contributed by atoms with Crippen LogP contribution in [-0.2, 0) is 0 Å². The van der Waals surface area contributed by atoms with E-state index in [4.69, 9.17) is 0 Å². The lowest BCUT2D eigenvalue weighted by Crippen LogP contribution is -2.10. The SMILES string of the molecule is CC1=NC(c2cc[nH]c(=O)c2)CC=N1. The molecule has 0 saturated heterocycles. The van der Waals surface area contributed by atoms with Gasteiger partial charge in [-0.05, 0) is 18.6 Å². The molecular formula is C10H11N3O. The first-order chi connectivity index (χ1) is 6.75. The molecule has 0 fully saturated rings. The highest BCUT2D eigenvalue weighted by Crippen LogP contribution is 2.21. The van der Waals surface area contributed by atoms with Gasteiger partial charge in [-0.15, -0.1) is 0 Å². The Labute approximate surface area is 81.4 Å². The second kappa shape index (κ2) is 3.57. The lowest BCUT2D eigenvalue weighted by atomic mass is 10.1. The van der Waals surface area contributed by atoms with Gasteiger partial charge in [-0.3, -0.25) is 9.79 Å². The summed E-state index contributed by atoms with van der Waals surface area (Å²) >= 11 is 0. The molecule has 1 aromatic heterocycles. The molecule has 1 unspecified atom stereocenters. The number of rotatable bonds is 1. The van der Waals surface area contributed by atoms with Crippen LogP contribution in [0.15, 0.2) is 33.1 Å². The van der Waals surface area contributed by atoms with Crippen molar-refractivity contribution < 1.29 is 0 Å². The van der Waals surface area contributed by atoms with E-state index in [9.17, 15) is 4.79 Å². The number of nitrogens with zero attached hydrogens (tertiary/aromatic N) is 2. The summed E-state index contributed by atoms with van der Waals surface area (Å²) in [6.07, 6.45) is 4.25. The molecule has 0 radical (unpaired) electrons. The summed E-state index contributed by atoms with van der Waals surface area (Å²) in [5, 5.41) is 0. The molecule has 1 aliphatic rings. The molecule has 2 heterocycles. The van der Waals surface area contributed by atoms with Crippen molar-refractivity contribution in [3.63, 3.8) is 0 Å². The highest BCUT2D eigenvalue weighted by molar-refractivity contribution is 5.89. The zero-order valence-electron chi connectivity index (χ0n) is 7.90. The number of aromatic nitrogens is 1. The van der Waals surface area contributed by atoms with Crippen LogP contribution in [0.25, 0.3) is 0 Å². The van der Waals surface area contributed by atoms with Crippen molar-refractivity contribution in [3.05, 3.63) is 34.2 Å². The van der Waals surface area contributed by atoms with Crippen LogP contribution in [0.4, 0.5) is 0 Å². The maximum Gasteiger partial charge on any atom is 0.248 e. The Morgan fingerprint density at radius 1 is 1.57 bits per heavy atom. The fourth-order valence-electron chi connectivity index (χ4n) is 1.48. The zero-order chi connectivity index (χ0) is 9.97. The number of hydrogen-bond acceptors (Lipinski definition) is 3. The monoisotopic (exact) mass is 189 g/mol. The van der Waals surface area contributed by atoms with Crippen molar-refractivity contribution in [2.24, 2.45) is 9.98 Å². The van der Waals surface area contributed by atoms with E-state index in [0.29, 0.717) is 0 Å². The summed E-state index contributed by atoms with van der Waals surface area (Å²) < 4.78 is 0. The van der Waals surface area contributed by atoms with E-state index in [0.717, 1.165) is 17.8 Å². The Morgan fingerprint density at radius 2 is 2.43 bits per heavy atom. The minimum atomic E-state index is -0.0853. The minimum absolute atomic E-state index is 0.0507. The topological polar surface area (TPSA) is 57.6 Å². The van der Waals surface area contributed by atoms with E-state index >= 15 is 0 Å². The molecule has 0 saturated carbocycles. The van der Waals surface area contributed by atoms with Crippen molar-refractivity contribution in [3.8, 4) is 0 Å². The minimum Gasteiger partial charge on any atom is -0.329 e. The Hall–Kier alpha value is -1.71.